The lowest BCUT2D eigenvalue weighted by atomic mass is 10.1. The number of anilines is 1. The van der Waals surface area contributed by atoms with Crippen LogP contribution < -0.4 is 4.90 Å². The van der Waals surface area contributed by atoms with E-state index in [9.17, 15) is 14.9 Å². The van der Waals surface area contributed by atoms with Gasteiger partial charge < -0.3 is 9.64 Å². The molecule has 1 saturated heterocycles. The monoisotopic (exact) mass is 236 g/mol. The third-order valence-electron chi connectivity index (χ3n) is 2.67. The Labute approximate surface area is 97.9 Å². The van der Waals surface area contributed by atoms with Crippen LogP contribution in [-0.2, 0) is 9.53 Å². The summed E-state index contributed by atoms with van der Waals surface area (Å²) in [6, 6.07) is 4.67. The zero-order valence-electron chi connectivity index (χ0n) is 9.38. The normalized spacial score (nSPS) is 16.1. The molecule has 2 rings (SSSR count). The van der Waals surface area contributed by atoms with Crippen molar-refractivity contribution < 1.29 is 14.5 Å². The SMILES string of the molecule is Cc1cc(N2CCOCC2=O)ccc1[N+](=O)[O-]. The molecule has 1 aromatic carbocycles. The topological polar surface area (TPSA) is 72.7 Å². The minimum atomic E-state index is -0.430. The summed E-state index contributed by atoms with van der Waals surface area (Å²) >= 11 is 0. The van der Waals surface area contributed by atoms with E-state index in [2.05, 4.69) is 0 Å². The molecule has 0 saturated carbocycles. The summed E-state index contributed by atoms with van der Waals surface area (Å²) in [6.07, 6.45) is 0. The van der Waals surface area contributed by atoms with E-state index >= 15 is 0 Å². The average Bonchev–Trinajstić information content (AvgIpc) is 2.29. The van der Waals surface area contributed by atoms with E-state index in [1.807, 2.05) is 0 Å². The Morgan fingerprint density at radius 3 is 2.82 bits per heavy atom. The van der Waals surface area contributed by atoms with E-state index in [1.54, 1.807) is 24.0 Å². The zero-order valence-corrected chi connectivity index (χ0v) is 9.38. The van der Waals surface area contributed by atoms with Gasteiger partial charge in [-0.1, -0.05) is 0 Å². The van der Waals surface area contributed by atoms with Gasteiger partial charge in [0, 0.05) is 23.9 Å². The lowest BCUT2D eigenvalue weighted by Crippen LogP contribution is -2.41. The molecular formula is C11H12N2O4. The summed E-state index contributed by atoms with van der Waals surface area (Å²) in [5.74, 6) is -0.121. The van der Waals surface area contributed by atoms with Crippen molar-refractivity contribution in [2.45, 2.75) is 6.92 Å². The van der Waals surface area contributed by atoms with Crippen molar-refractivity contribution in [2.24, 2.45) is 0 Å². The fraction of sp³-hybridized carbons (Fsp3) is 0.364. The van der Waals surface area contributed by atoms with Crippen LogP contribution in [-0.4, -0.2) is 30.6 Å². The van der Waals surface area contributed by atoms with Gasteiger partial charge in [0.1, 0.15) is 6.61 Å². The maximum atomic E-state index is 11.6. The second-order valence-electron chi connectivity index (χ2n) is 3.83. The first-order chi connectivity index (χ1) is 8.09. The van der Waals surface area contributed by atoms with E-state index in [1.165, 1.54) is 6.07 Å². The number of aryl methyl sites for hydroxylation is 1. The third-order valence-corrected chi connectivity index (χ3v) is 2.67. The van der Waals surface area contributed by atoms with Gasteiger partial charge in [0.2, 0.25) is 0 Å². The van der Waals surface area contributed by atoms with Crippen LogP contribution in [0.25, 0.3) is 0 Å². The summed E-state index contributed by atoms with van der Waals surface area (Å²) < 4.78 is 5.03. The van der Waals surface area contributed by atoms with E-state index in [-0.39, 0.29) is 18.2 Å². The van der Waals surface area contributed by atoms with Gasteiger partial charge in [-0.3, -0.25) is 14.9 Å². The maximum Gasteiger partial charge on any atom is 0.272 e. The molecule has 0 aliphatic carbocycles. The maximum absolute atomic E-state index is 11.6. The van der Waals surface area contributed by atoms with Crippen molar-refractivity contribution >= 4 is 17.3 Å². The highest BCUT2D eigenvalue weighted by atomic mass is 16.6. The minimum Gasteiger partial charge on any atom is -0.370 e. The highest BCUT2D eigenvalue weighted by molar-refractivity contribution is 5.95. The highest BCUT2D eigenvalue weighted by Gasteiger charge is 2.21. The first kappa shape index (κ1) is 11.5. The number of carbonyl (C=O) groups excluding carboxylic acids is 1. The molecule has 0 unspecified atom stereocenters. The molecule has 0 aromatic heterocycles. The molecule has 0 bridgehead atoms. The van der Waals surface area contributed by atoms with Gasteiger partial charge in [0.05, 0.1) is 11.5 Å². The van der Waals surface area contributed by atoms with Crippen LogP contribution in [0.3, 0.4) is 0 Å². The second kappa shape index (κ2) is 4.50. The summed E-state index contributed by atoms with van der Waals surface area (Å²) in [5.41, 5.74) is 1.29. The number of carbonyl (C=O) groups is 1. The largest absolute Gasteiger partial charge is 0.370 e. The number of nitrogens with zero attached hydrogens (tertiary/aromatic N) is 2. The fourth-order valence-corrected chi connectivity index (χ4v) is 1.80. The molecule has 1 amide bonds. The number of hydrogen-bond acceptors (Lipinski definition) is 4. The molecule has 1 aliphatic rings. The number of morpholine rings is 1. The predicted octanol–water partition coefficient (Wildman–Crippen LogP) is 1.27. The second-order valence-corrected chi connectivity index (χ2v) is 3.83. The van der Waals surface area contributed by atoms with Crippen molar-refractivity contribution in [2.75, 3.05) is 24.7 Å². The quantitative estimate of drug-likeness (QED) is 0.572. The van der Waals surface area contributed by atoms with E-state index in [4.69, 9.17) is 4.74 Å². The molecule has 90 valence electrons. The Kier molecular flexibility index (Phi) is 3.06. The van der Waals surface area contributed by atoms with Crippen LogP contribution in [0, 0.1) is 17.0 Å². The summed E-state index contributed by atoms with van der Waals surface area (Å²) in [5, 5.41) is 10.7. The Morgan fingerprint density at radius 2 is 2.24 bits per heavy atom. The number of rotatable bonds is 2. The minimum absolute atomic E-state index is 0.0643. The van der Waals surface area contributed by atoms with Crippen molar-refractivity contribution in [3.63, 3.8) is 0 Å². The van der Waals surface area contributed by atoms with Crippen LogP contribution in [0.5, 0.6) is 0 Å². The van der Waals surface area contributed by atoms with Gasteiger partial charge in [0.15, 0.2) is 0 Å². The Balaban J connectivity index is 2.30. The molecule has 0 spiro atoms. The van der Waals surface area contributed by atoms with Crippen molar-refractivity contribution in [1.82, 2.24) is 0 Å². The Hall–Kier alpha value is -1.95. The van der Waals surface area contributed by atoms with Crippen molar-refractivity contribution in [1.29, 1.82) is 0 Å². The van der Waals surface area contributed by atoms with Gasteiger partial charge in [-0.2, -0.15) is 0 Å². The molecule has 6 heteroatoms. The summed E-state index contributed by atoms with van der Waals surface area (Å²) in [6.45, 7) is 2.69. The van der Waals surface area contributed by atoms with Gasteiger partial charge in [-0.15, -0.1) is 0 Å². The number of ether oxygens (including phenoxy) is 1. The molecule has 1 fully saturated rings. The molecule has 0 N–H and O–H groups in total. The molecule has 0 radical (unpaired) electrons. The lowest BCUT2D eigenvalue weighted by Gasteiger charge is -2.26. The standard InChI is InChI=1S/C11H12N2O4/c1-8-6-9(2-3-10(8)13(15)16)12-4-5-17-7-11(12)14/h2-3,6H,4-5,7H2,1H3. The van der Waals surface area contributed by atoms with Crippen molar-refractivity contribution in [3.8, 4) is 0 Å². The number of nitro groups is 1. The molecule has 17 heavy (non-hydrogen) atoms. The van der Waals surface area contributed by atoms with Gasteiger partial charge in [0.25, 0.3) is 11.6 Å². The molecule has 1 aliphatic heterocycles. The predicted molar refractivity (Wildman–Crippen MR) is 61.0 cm³/mol. The highest BCUT2D eigenvalue weighted by Crippen LogP contribution is 2.24. The Morgan fingerprint density at radius 1 is 1.47 bits per heavy atom. The van der Waals surface area contributed by atoms with Gasteiger partial charge >= 0.3 is 0 Å². The van der Waals surface area contributed by atoms with Gasteiger partial charge in [-0.05, 0) is 19.1 Å². The molecular weight excluding hydrogens is 224 g/mol. The summed E-state index contributed by atoms with van der Waals surface area (Å²) in [4.78, 5) is 23.4. The molecule has 1 aromatic rings. The van der Waals surface area contributed by atoms with E-state index in [0.29, 0.717) is 24.4 Å². The van der Waals surface area contributed by atoms with E-state index in [0.717, 1.165) is 0 Å². The third kappa shape index (κ3) is 2.26. The van der Waals surface area contributed by atoms with Crippen LogP contribution in [0.1, 0.15) is 5.56 Å². The number of benzene rings is 1. The number of nitro benzene ring substituents is 1. The molecule has 0 atom stereocenters. The molecule has 6 nitrogen and oxygen atoms in total. The van der Waals surface area contributed by atoms with Crippen molar-refractivity contribution in [3.05, 3.63) is 33.9 Å². The van der Waals surface area contributed by atoms with Crippen LogP contribution in [0.4, 0.5) is 11.4 Å². The average molecular weight is 236 g/mol. The zero-order chi connectivity index (χ0) is 12.4. The fourth-order valence-electron chi connectivity index (χ4n) is 1.80. The van der Waals surface area contributed by atoms with Crippen LogP contribution in [0.15, 0.2) is 18.2 Å². The lowest BCUT2D eigenvalue weighted by molar-refractivity contribution is -0.385. The first-order valence-electron chi connectivity index (χ1n) is 5.23. The smallest absolute Gasteiger partial charge is 0.272 e. The molecule has 1 heterocycles. The van der Waals surface area contributed by atoms with Crippen LogP contribution >= 0.6 is 0 Å². The first-order valence-corrected chi connectivity index (χ1v) is 5.23. The van der Waals surface area contributed by atoms with Crippen LogP contribution in [0.2, 0.25) is 0 Å². The number of amides is 1. The van der Waals surface area contributed by atoms with E-state index < -0.39 is 4.92 Å². The summed E-state index contributed by atoms with van der Waals surface area (Å²) in [7, 11) is 0. The number of hydrogen-bond donors (Lipinski definition) is 0. The van der Waals surface area contributed by atoms with Gasteiger partial charge in [-0.25, -0.2) is 0 Å². The Bertz CT molecular complexity index is 473.